The number of carbonyl (C=O) groups is 2. The molecular formula is C18H13BrN2O3S. The third kappa shape index (κ3) is 4.12. The van der Waals surface area contributed by atoms with Crippen molar-refractivity contribution >= 4 is 44.3 Å². The fourth-order valence-electron chi connectivity index (χ4n) is 2.13. The Bertz CT molecular complexity index is 905. The second-order valence-electron chi connectivity index (χ2n) is 5.07. The maximum atomic E-state index is 12.3. The van der Waals surface area contributed by atoms with E-state index in [0.717, 1.165) is 15.7 Å². The lowest BCUT2D eigenvalue weighted by Gasteiger charge is -2.03. The lowest BCUT2D eigenvalue weighted by atomic mass is 10.1. The zero-order valence-corrected chi connectivity index (χ0v) is 15.6. The molecule has 1 heterocycles. The summed E-state index contributed by atoms with van der Waals surface area (Å²) in [6, 6.07) is 14.0. The van der Waals surface area contributed by atoms with Crippen molar-refractivity contribution in [3.63, 3.8) is 0 Å². The van der Waals surface area contributed by atoms with Crippen LogP contribution in [0.25, 0.3) is 11.3 Å². The molecule has 5 nitrogen and oxygen atoms in total. The molecule has 1 aromatic heterocycles. The molecule has 3 rings (SSSR count). The van der Waals surface area contributed by atoms with Crippen LogP contribution in [0.4, 0.5) is 5.13 Å². The number of hydrogen-bond acceptors (Lipinski definition) is 5. The van der Waals surface area contributed by atoms with E-state index in [-0.39, 0.29) is 5.91 Å². The van der Waals surface area contributed by atoms with E-state index in [1.54, 1.807) is 24.3 Å². The third-order valence-electron chi connectivity index (χ3n) is 3.43. The first-order valence-electron chi connectivity index (χ1n) is 7.28. The highest BCUT2D eigenvalue weighted by Crippen LogP contribution is 2.26. The van der Waals surface area contributed by atoms with Gasteiger partial charge in [0.15, 0.2) is 5.13 Å². The third-order valence-corrected chi connectivity index (χ3v) is 4.72. The molecule has 1 N–H and O–H groups in total. The maximum Gasteiger partial charge on any atom is 0.337 e. The summed E-state index contributed by atoms with van der Waals surface area (Å²) in [5.41, 5.74) is 2.61. The molecule has 0 bridgehead atoms. The minimum Gasteiger partial charge on any atom is -0.465 e. The quantitative estimate of drug-likeness (QED) is 0.630. The fourth-order valence-corrected chi connectivity index (χ4v) is 3.11. The molecule has 0 aliphatic carbocycles. The fraction of sp³-hybridized carbons (Fsp3) is 0.0556. The van der Waals surface area contributed by atoms with Crippen molar-refractivity contribution in [2.45, 2.75) is 0 Å². The molecule has 0 atom stereocenters. The number of halogens is 1. The first-order valence-corrected chi connectivity index (χ1v) is 8.95. The second-order valence-corrected chi connectivity index (χ2v) is 6.84. The molecule has 0 radical (unpaired) electrons. The zero-order chi connectivity index (χ0) is 17.8. The summed E-state index contributed by atoms with van der Waals surface area (Å²) < 4.78 is 5.63. The van der Waals surface area contributed by atoms with Crippen LogP contribution in [0.1, 0.15) is 20.7 Å². The van der Waals surface area contributed by atoms with Crippen molar-refractivity contribution in [2.75, 3.05) is 12.4 Å². The van der Waals surface area contributed by atoms with Crippen molar-refractivity contribution in [1.82, 2.24) is 4.98 Å². The number of thiazole rings is 1. The molecule has 0 aliphatic rings. The largest absolute Gasteiger partial charge is 0.465 e. The summed E-state index contributed by atoms with van der Waals surface area (Å²) in [5, 5.41) is 5.17. The van der Waals surface area contributed by atoms with Crippen LogP contribution in [-0.4, -0.2) is 24.0 Å². The smallest absolute Gasteiger partial charge is 0.337 e. The molecular weight excluding hydrogens is 404 g/mol. The van der Waals surface area contributed by atoms with Crippen LogP contribution >= 0.6 is 27.3 Å². The first kappa shape index (κ1) is 17.3. The number of ether oxygens (including phenoxy) is 1. The van der Waals surface area contributed by atoms with Crippen LogP contribution in [0.15, 0.2) is 58.4 Å². The number of nitrogens with zero attached hydrogens (tertiary/aromatic N) is 1. The Balaban J connectivity index is 1.71. The van der Waals surface area contributed by atoms with E-state index in [1.807, 2.05) is 29.6 Å². The number of methoxy groups -OCH3 is 1. The van der Waals surface area contributed by atoms with Crippen LogP contribution in [0, 0.1) is 0 Å². The van der Waals surface area contributed by atoms with E-state index in [4.69, 9.17) is 0 Å². The monoisotopic (exact) mass is 416 g/mol. The predicted octanol–water partition coefficient (Wildman–Crippen LogP) is 4.61. The number of hydrogen-bond donors (Lipinski definition) is 1. The number of benzene rings is 2. The Morgan fingerprint density at radius 1 is 1.04 bits per heavy atom. The molecule has 0 aliphatic heterocycles. The van der Waals surface area contributed by atoms with Gasteiger partial charge in [-0.3, -0.25) is 10.1 Å². The van der Waals surface area contributed by atoms with Gasteiger partial charge in [0.2, 0.25) is 0 Å². The number of carbonyl (C=O) groups excluding carboxylic acids is 2. The number of anilines is 1. The summed E-state index contributed by atoms with van der Waals surface area (Å²) in [7, 11) is 1.31. The lowest BCUT2D eigenvalue weighted by molar-refractivity contribution is 0.0600. The second kappa shape index (κ2) is 7.58. The molecule has 25 heavy (non-hydrogen) atoms. The number of esters is 1. The molecule has 0 saturated heterocycles. The van der Waals surface area contributed by atoms with Gasteiger partial charge in [0.1, 0.15) is 0 Å². The van der Waals surface area contributed by atoms with Gasteiger partial charge in [-0.1, -0.05) is 28.1 Å². The maximum absolute atomic E-state index is 12.3. The molecule has 1 amide bonds. The Kier molecular flexibility index (Phi) is 5.25. The van der Waals surface area contributed by atoms with Gasteiger partial charge in [0, 0.05) is 21.0 Å². The highest BCUT2D eigenvalue weighted by molar-refractivity contribution is 9.10. The van der Waals surface area contributed by atoms with E-state index >= 15 is 0 Å². The van der Waals surface area contributed by atoms with E-state index < -0.39 is 5.97 Å². The van der Waals surface area contributed by atoms with Crippen molar-refractivity contribution in [3.05, 3.63) is 69.5 Å². The number of rotatable bonds is 4. The van der Waals surface area contributed by atoms with Gasteiger partial charge in [-0.05, 0) is 36.4 Å². The van der Waals surface area contributed by atoms with Crippen molar-refractivity contribution in [1.29, 1.82) is 0 Å². The van der Waals surface area contributed by atoms with Crippen LogP contribution in [0.5, 0.6) is 0 Å². The molecule has 0 unspecified atom stereocenters. The minimum absolute atomic E-state index is 0.284. The van der Waals surface area contributed by atoms with Crippen LogP contribution in [0.3, 0.4) is 0 Å². The number of nitrogens with one attached hydrogen (secondary N) is 1. The van der Waals surface area contributed by atoms with Gasteiger partial charge in [-0.2, -0.15) is 0 Å². The first-order chi connectivity index (χ1) is 12.1. The molecule has 7 heteroatoms. The molecule has 2 aromatic carbocycles. The zero-order valence-electron chi connectivity index (χ0n) is 13.2. The topological polar surface area (TPSA) is 68.3 Å². The molecule has 0 fully saturated rings. The minimum atomic E-state index is -0.439. The lowest BCUT2D eigenvalue weighted by Crippen LogP contribution is -2.12. The normalized spacial score (nSPS) is 10.3. The van der Waals surface area contributed by atoms with Gasteiger partial charge in [0.05, 0.1) is 18.4 Å². The molecule has 3 aromatic rings. The summed E-state index contributed by atoms with van der Waals surface area (Å²) in [4.78, 5) is 28.1. The summed E-state index contributed by atoms with van der Waals surface area (Å²) in [6.45, 7) is 0. The summed E-state index contributed by atoms with van der Waals surface area (Å²) in [6.07, 6.45) is 0. The highest BCUT2D eigenvalue weighted by atomic mass is 79.9. The van der Waals surface area contributed by atoms with Crippen LogP contribution in [0.2, 0.25) is 0 Å². The Hall–Kier alpha value is -2.51. The van der Waals surface area contributed by atoms with E-state index in [0.29, 0.717) is 16.3 Å². The summed E-state index contributed by atoms with van der Waals surface area (Å²) >= 11 is 4.75. The number of aromatic nitrogens is 1. The Morgan fingerprint density at radius 3 is 2.32 bits per heavy atom. The average Bonchev–Trinajstić information content (AvgIpc) is 3.10. The highest BCUT2D eigenvalue weighted by Gasteiger charge is 2.11. The van der Waals surface area contributed by atoms with Crippen molar-refractivity contribution < 1.29 is 14.3 Å². The van der Waals surface area contributed by atoms with E-state index in [2.05, 4.69) is 31.0 Å². The average molecular weight is 417 g/mol. The van der Waals surface area contributed by atoms with E-state index in [9.17, 15) is 9.59 Å². The van der Waals surface area contributed by atoms with E-state index in [1.165, 1.54) is 18.4 Å². The van der Waals surface area contributed by atoms with Gasteiger partial charge < -0.3 is 4.74 Å². The molecule has 0 saturated carbocycles. The van der Waals surface area contributed by atoms with Crippen molar-refractivity contribution in [3.8, 4) is 11.3 Å². The van der Waals surface area contributed by atoms with Gasteiger partial charge in [-0.25, -0.2) is 9.78 Å². The van der Waals surface area contributed by atoms with Gasteiger partial charge in [-0.15, -0.1) is 11.3 Å². The predicted molar refractivity (Wildman–Crippen MR) is 101 cm³/mol. The summed E-state index contributed by atoms with van der Waals surface area (Å²) in [5.74, 6) is -0.723. The Labute approximate surface area is 156 Å². The van der Waals surface area contributed by atoms with Crippen LogP contribution in [-0.2, 0) is 4.74 Å². The van der Waals surface area contributed by atoms with Gasteiger partial charge in [0.25, 0.3) is 5.91 Å². The van der Waals surface area contributed by atoms with Crippen molar-refractivity contribution in [2.24, 2.45) is 0 Å². The standard InChI is InChI=1S/C18H13BrN2O3S/c1-24-17(23)13-4-2-12(3-5-13)16(22)21-18-20-15(10-25-18)11-6-8-14(19)9-7-11/h2-10H,1H3,(H,20,21,22). The van der Waals surface area contributed by atoms with Crippen LogP contribution < -0.4 is 5.32 Å². The van der Waals surface area contributed by atoms with Gasteiger partial charge >= 0.3 is 5.97 Å². The molecule has 126 valence electrons. The molecule has 0 spiro atoms. The SMILES string of the molecule is COC(=O)c1ccc(C(=O)Nc2nc(-c3ccc(Br)cc3)cs2)cc1. The Morgan fingerprint density at radius 2 is 1.68 bits per heavy atom. The number of amides is 1.